The molecule has 4 nitrogen and oxygen atoms in total. The Hall–Kier alpha value is -1.72. The summed E-state index contributed by atoms with van der Waals surface area (Å²) in [5.74, 6) is 0.0783. The van der Waals surface area contributed by atoms with Crippen molar-refractivity contribution in [2.45, 2.75) is 24.7 Å². The van der Waals surface area contributed by atoms with Crippen LogP contribution >= 0.6 is 0 Å². The number of nitrogens with one attached hydrogen (secondary N) is 1. The molecule has 0 amide bonds. The third-order valence-electron chi connectivity index (χ3n) is 4.22. The molecule has 1 heterocycles. The fraction of sp³-hybridized carbons (Fsp3) is 0.353. The average molecular weight is 316 g/mol. The molecule has 0 spiro atoms. The maximum atomic E-state index is 12.2. The predicted octanol–water partition coefficient (Wildman–Crippen LogP) is 2.28. The molecular weight excluding hydrogens is 296 g/mol. The Labute approximate surface area is 131 Å². The van der Waals surface area contributed by atoms with Crippen molar-refractivity contribution < 1.29 is 8.42 Å². The Morgan fingerprint density at radius 1 is 1.05 bits per heavy atom. The van der Waals surface area contributed by atoms with Crippen molar-refractivity contribution in [1.29, 1.82) is 0 Å². The molecule has 1 aromatic heterocycles. The van der Waals surface area contributed by atoms with E-state index in [2.05, 4.69) is 21.8 Å². The van der Waals surface area contributed by atoms with Crippen LogP contribution in [0.4, 0.5) is 0 Å². The summed E-state index contributed by atoms with van der Waals surface area (Å²) in [4.78, 5) is 4.16. The van der Waals surface area contributed by atoms with E-state index in [9.17, 15) is 8.42 Å². The standard InChI is InChI=1S/C17H20N2O2S/c20-22(21,13-9-16-8-4-5-12-18-16)19-14-17(10-11-17)15-6-2-1-3-7-15/h1-8,12,19H,9-11,13-14H2. The van der Waals surface area contributed by atoms with E-state index in [4.69, 9.17) is 0 Å². The molecule has 1 aliphatic carbocycles. The van der Waals surface area contributed by atoms with E-state index in [1.54, 1.807) is 6.20 Å². The van der Waals surface area contributed by atoms with Crippen molar-refractivity contribution in [3.63, 3.8) is 0 Å². The van der Waals surface area contributed by atoms with Crippen molar-refractivity contribution in [3.05, 3.63) is 66.0 Å². The first-order valence-electron chi connectivity index (χ1n) is 7.53. The van der Waals surface area contributed by atoms with Crippen LogP contribution in [0.3, 0.4) is 0 Å². The number of benzene rings is 1. The summed E-state index contributed by atoms with van der Waals surface area (Å²) in [6.07, 6.45) is 4.21. The Bertz CT molecular complexity index is 711. The fourth-order valence-corrected chi connectivity index (χ4v) is 3.73. The van der Waals surface area contributed by atoms with Gasteiger partial charge in [-0.15, -0.1) is 0 Å². The molecule has 1 saturated carbocycles. The first-order valence-corrected chi connectivity index (χ1v) is 9.18. The van der Waals surface area contributed by atoms with Crippen LogP contribution in [0.25, 0.3) is 0 Å². The van der Waals surface area contributed by atoms with Crippen LogP contribution in [-0.4, -0.2) is 25.7 Å². The van der Waals surface area contributed by atoms with Crippen molar-refractivity contribution in [1.82, 2.24) is 9.71 Å². The van der Waals surface area contributed by atoms with E-state index in [0.717, 1.165) is 18.5 Å². The van der Waals surface area contributed by atoms with Gasteiger partial charge < -0.3 is 0 Å². The summed E-state index contributed by atoms with van der Waals surface area (Å²) in [6, 6.07) is 15.7. The molecule has 3 rings (SSSR count). The van der Waals surface area contributed by atoms with E-state index >= 15 is 0 Å². The van der Waals surface area contributed by atoms with Crippen LogP contribution in [-0.2, 0) is 21.9 Å². The van der Waals surface area contributed by atoms with Gasteiger partial charge in [-0.1, -0.05) is 36.4 Å². The fourth-order valence-electron chi connectivity index (χ4n) is 2.62. The number of hydrogen-bond donors (Lipinski definition) is 1. The summed E-state index contributed by atoms with van der Waals surface area (Å²) >= 11 is 0. The van der Waals surface area contributed by atoms with Crippen molar-refractivity contribution >= 4 is 10.0 Å². The number of aromatic nitrogens is 1. The SMILES string of the molecule is O=S(=O)(CCc1ccccn1)NCC1(c2ccccc2)CC1. The van der Waals surface area contributed by atoms with Gasteiger partial charge in [0, 0.05) is 30.3 Å². The van der Waals surface area contributed by atoms with Crippen LogP contribution in [0.15, 0.2) is 54.7 Å². The lowest BCUT2D eigenvalue weighted by molar-refractivity contribution is 0.566. The molecule has 0 radical (unpaired) electrons. The Kier molecular flexibility index (Phi) is 4.27. The second kappa shape index (κ2) is 6.18. The second-order valence-corrected chi connectivity index (χ2v) is 7.78. The molecular formula is C17H20N2O2S. The highest BCUT2D eigenvalue weighted by Crippen LogP contribution is 2.47. The summed E-state index contributed by atoms with van der Waals surface area (Å²) in [6.45, 7) is 0.488. The molecule has 116 valence electrons. The zero-order valence-electron chi connectivity index (χ0n) is 12.4. The maximum Gasteiger partial charge on any atom is 0.212 e. The zero-order chi connectivity index (χ0) is 15.5. The van der Waals surface area contributed by atoms with Crippen LogP contribution in [0.5, 0.6) is 0 Å². The lowest BCUT2D eigenvalue weighted by Gasteiger charge is -2.16. The molecule has 0 unspecified atom stereocenters. The highest BCUT2D eigenvalue weighted by Gasteiger charge is 2.44. The molecule has 0 atom stereocenters. The minimum absolute atomic E-state index is 0.000668. The van der Waals surface area contributed by atoms with E-state index < -0.39 is 10.0 Å². The third kappa shape index (κ3) is 3.72. The Morgan fingerprint density at radius 2 is 1.77 bits per heavy atom. The van der Waals surface area contributed by atoms with Gasteiger partial charge >= 0.3 is 0 Å². The molecule has 0 bridgehead atoms. The van der Waals surface area contributed by atoms with Gasteiger partial charge in [0.15, 0.2) is 0 Å². The summed E-state index contributed by atoms with van der Waals surface area (Å²) in [7, 11) is -3.27. The Morgan fingerprint density at radius 3 is 2.41 bits per heavy atom. The number of pyridine rings is 1. The van der Waals surface area contributed by atoms with Gasteiger partial charge in [-0.25, -0.2) is 13.1 Å². The van der Waals surface area contributed by atoms with Crippen LogP contribution < -0.4 is 4.72 Å². The first-order chi connectivity index (χ1) is 10.6. The molecule has 1 N–H and O–H groups in total. The monoisotopic (exact) mass is 316 g/mol. The van der Waals surface area contributed by atoms with Crippen LogP contribution in [0.2, 0.25) is 0 Å². The molecule has 1 fully saturated rings. The first kappa shape index (κ1) is 15.2. The quantitative estimate of drug-likeness (QED) is 0.852. The van der Waals surface area contributed by atoms with Crippen LogP contribution in [0, 0.1) is 0 Å². The van der Waals surface area contributed by atoms with E-state index in [1.807, 2.05) is 36.4 Å². The molecule has 1 aliphatic rings. The van der Waals surface area contributed by atoms with E-state index in [1.165, 1.54) is 5.56 Å². The molecule has 2 aromatic rings. The number of nitrogens with zero attached hydrogens (tertiary/aromatic N) is 1. The lowest BCUT2D eigenvalue weighted by Crippen LogP contribution is -2.34. The van der Waals surface area contributed by atoms with E-state index in [-0.39, 0.29) is 11.2 Å². The van der Waals surface area contributed by atoms with Gasteiger partial charge in [0.05, 0.1) is 5.75 Å². The van der Waals surface area contributed by atoms with Gasteiger partial charge in [0.2, 0.25) is 10.0 Å². The summed E-state index contributed by atoms with van der Waals surface area (Å²) in [5, 5.41) is 0. The van der Waals surface area contributed by atoms with E-state index in [0.29, 0.717) is 13.0 Å². The minimum atomic E-state index is -3.27. The average Bonchev–Trinajstić information content (AvgIpc) is 3.35. The van der Waals surface area contributed by atoms with Gasteiger partial charge in [-0.3, -0.25) is 4.98 Å². The smallest absolute Gasteiger partial charge is 0.212 e. The number of rotatable bonds is 7. The number of sulfonamides is 1. The molecule has 0 aliphatic heterocycles. The third-order valence-corrected chi connectivity index (χ3v) is 5.55. The molecule has 22 heavy (non-hydrogen) atoms. The largest absolute Gasteiger partial charge is 0.261 e. The zero-order valence-corrected chi connectivity index (χ0v) is 13.2. The highest BCUT2D eigenvalue weighted by atomic mass is 32.2. The van der Waals surface area contributed by atoms with Crippen molar-refractivity contribution in [3.8, 4) is 0 Å². The number of hydrogen-bond acceptors (Lipinski definition) is 3. The predicted molar refractivity (Wildman–Crippen MR) is 87.1 cm³/mol. The molecule has 1 aromatic carbocycles. The van der Waals surface area contributed by atoms with Crippen LogP contribution in [0.1, 0.15) is 24.1 Å². The van der Waals surface area contributed by atoms with Gasteiger partial charge in [-0.2, -0.15) is 0 Å². The minimum Gasteiger partial charge on any atom is -0.261 e. The Balaban J connectivity index is 1.57. The topological polar surface area (TPSA) is 59.1 Å². The summed E-state index contributed by atoms with van der Waals surface area (Å²) < 4.78 is 27.1. The second-order valence-electron chi connectivity index (χ2n) is 5.86. The highest BCUT2D eigenvalue weighted by molar-refractivity contribution is 7.89. The van der Waals surface area contributed by atoms with Gasteiger partial charge in [0.25, 0.3) is 0 Å². The van der Waals surface area contributed by atoms with Crippen molar-refractivity contribution in [2.24, 2.45) is 0 Å². The molecule has 0 saturated heterocycles. The maximum absolute atomic E-state index is 12.2. The normalized spacial score (nSPS) is 16.4. The van der Waals surface area contributed by atoms with Crippen molar-refractivity contribution in [2.75, 3.05) is 12.3 Å². The van der Waals surface area contributed by atoms with Gasteiger partial charge in [0.1, 0.15) is 0 Å². The van der Waals surface area contributed by atoms with Gasteiger partial charge in [-0.05, 0) is 30.5 Å². The lowest BCUT2D eigenvalue weighted by atomic mass is 9.96. The summed E-state index contributed by atoms with van der Waals surface area (Å²) in [5.41, 5.74) is 2.03. The molecule has 5 heteroatoms. The number of aryl methyl sites for hydroxylation is 1.